The number of rotatable bonds is 3. The Labute approximate surface area is 87.0 Å². The van der Waals surface area contributed by atoms with Crippen LogP contribution in [0.25, 0.3) is 5.57 Å². The summed E-state index contributed by atoms with van der Waals surface area (Å²) in [5.74, 6) is 0. The van der Waals surface area contributed by atoms with Gasteiger partial charge in [0, 0.05) is 0 Å². The topological polar surface area (TPSA) is 0 Å². The molecule has 0 heteroatoms. The van der Waals surface area contributed by atoms with E-state index in [-0.39, 0.29) is 0 Å². The minimum absolute atomic E-state index is 1.05. The second-order valence-electron chi connectivity index (χ2n) is 3.74. The maximum absolute atomic E-state index is 3.91. The highest BCUT2D eigenvalue weighted by Gasteiger charge is 1.98. The molecule has 0 N–H and O–H groups in total. The molecule has 1 aromatic rings. The lowest BCUT2D eigenvalue weighted by Gasteiger charge is -2.06. The summed E-state index contributed by atoms with van der Waals surface area (Å²) in [7, 11) is 0. The van der Waals surface area contributed by atoms with Crippen molar-refractivity contribution in [1.82, 2.24) is 0 Å². The summed E-state index contributed by atoms with van der Waals surface area (Å²) in [4.78, 5) is 0. The predicted octanol–water partition coefficient (Wildman–Crippen LogP) is 4.36. The lowest BCUT2D eigenvalue weighted by molar-refractivity contribution is 1.23. The van der Waals surface area contributed by atoms with Gasteiger partial charge in [0.15, 0.2) is 0 Å². The van der Waals surface area contributed by atoms with Crippen molar-refractivity contribution in [2.45, 2.75) is 27.2 Å². The first kappa shape index (κ1) is 10.8. The van der Waals surface area contributed by atoms with Gasteiger partial charge in [-0.3, -0.25) is 0 Å². The summed E-state index contributed by atoms with van der Waals surface area (Å²) in [6.45, 7) is 10.2. The number of benzene rings is 1. The first-order valence-electron chi connectivity index (χ1n) is 5.06. The van der Waals surface area contributed by atoms with E-state index in [0.29, 0.717) is 0 Å². The Morgan fingerprint density at radius 3 is 2.64 bits per heavy atom. The van der Waals surface area contributed by atoms with Crippen molar-refractivity contribution in [3.05, 3.63) is 53.6 Å². The number of allylic oxidation sites excluding steroid dienone is 3. The Morgan fingerprint density at radius 1 is 1.43 bits per heavy atom. The first-order chi connectivity index (χ1) is 6.63. The zero-order chi connectivity index (χ0) is 10.6. The lowest BCUT2D eigenvalue weighted by atomic mass is 10.00. The molecule has 1 aromatic carbocycles. The fraction of sp³-hybridized carbons (Fsp3) is 0.286. The summed E-state index contributed by atoms with van der Waals surface area (Å²) in [6, 6.07) is 8.60. The van der Waals surface area contributed by atoms with E-state index in [1.807, 2.05) is 6.92 Å². The standard InChI is InChI=1S/C14H18/c1-5-13(9-11(2)3)14-8-6-7-12(4)10-14/h6-10H,2,5H2,1,3-4H3/b13-9+. The van der Waals surface area contributed by atoms with Gasteiger partial charge in [0.2, 0.25) is 0 Å². The largest absolute Gasteiger partial charge is 0.0961 e. The van der Waals surface area contributed by atoms with Crippen molar-refractivity contribution in [3.8, 4) is 0 Å². The second-order valence-corrected chi connectivity index (χ2v) is 3.74. The zero-order valence-electron chi connectivity index (χ0n) is 9.30. The summed E-state index contributed by atoms with van der Waals surface area (Å²) >= 11 is 0. The van der Waals surface area contributed by atoms with E-state index in [1.54, 1.807) is 0 Å². The monoisotopic (exact) mass is 186 g/mol. The van der Waals surface area contributed by atoms with Crippen LogP contribution < -0.4 is 0 Å². The van der Waals surface area contributed by atoms with Crippen LogP contribution in [0.4, 0.5) is 0 Å². The average molecular weight is 186 g/mol. The van der Waals surface area contributed by atoms with Gasteiger partial charge in [-0.05, 0) is 31.4 Å². The second kappa shape index (κ2) is 4.80. The van der Waals surface area contributed by atoms with Crippen molar-refractivity contribution in [2.24, 2.45) is 0 Å². The van der Waals surface area contributed by atoms with Gasteiger partial charge in [0.05, 0.1) is 0 Å². The lowest BCUT2D eigenvalue weighted by Crippen LogP contribution is -1.84. The van der Waals surface area contributed by atoms with Crippen LogP contribution in [0.5, 0.6) is 0 Å². The van der Waals surface area contributed by atoms with Crippen LogP contribution >= 0.6 is 0 Å². The van der Waals surface area contributed by atoms with E-state index in [1.165, 1.54) is 16.7 Å². The molecule has 0 aliphatic carbocycles. The molecular weight excluding hydrogens is 168 g/mol. The molecule has 0 unspecified atom stereocenters. The van der Waals surface area contributed by atoms with Crippen LogP contribution in [-0.4, -0.2) is 0 Å². The van der Waals surface area contributed by atoms with Gasteiger partial charge >= 0.3 is 0 Å². The minimum atomic E-state index is 1.05. The Kier molecular flexibility index (Phi) is 3.70. The van der Waals surface area contributed by atoms with Crippen molar-refractivity contribution >= 4 is 5.57 Å². The molecule has 0 aromatic heterocycles. The fourth-order valence-electron chi connectivity index (χ4n) is 1.53. The SMILES string of the molecule is C=C(C)/C=C(\CC)c1cccc(C)c1. The molecule has 0 nitrogen and oxygen atoms in total. The van der Waals surface area contributed by atoms with Gasteiger partial charge in [0.1, 0.15) is 0 Å². The molecule has 74 valence electrons. The molecule has 0 fully saturated rings. The third-order valence-electron chi connectivity index (χ3n) is 2.19. The Morgan fingerprint density at radius 2 is 2.14 bits per heavy atom. The van der Waals surface area contributed by atoms with Gasteiger partial charge in [-0.1, -0.05) is 55.0 Å². The number of hydrogen-bond acceptors (Lipinski definition) is 0. The van der Waals surface area contributed by atoms with Crippen LogP contribution in [0.15, 0.2) is 42.5 Å². The normalized spacial score (nSPS) is 11.5. The summed E-state index contributed by atoms with van der Waals surface area (Å²) in [5.41, 5.74) is 5.10. The van der Waals surface area contributed by atoms with E-state index in [9.17, 15) is 0 Å². The molecule has 14 heavy (non-hydrogen) atoms. The molecule has 0 heterocycles. The number of hydrogen-bond donors (Lipinski definition) is 0. The quantitative estimate of drug-likeness (QED) is 0.615. The highest BCUT2D eigenvalue weighted by molar-refractivity contribution is 5.68. The van der Waals surface area contributed by atoms with Crippen LogP contribution in [0.3, 0.4) is 0 Å². The maximum Gasteiger partial charge on any atom is -0.0222 e. The highest BCUT2D eigenvalue weighted by atomic mass is 14.0. The number of aryl methyl sites for hydroxylation is 1. The van der Waals surface area contributed by atoms with Crippen molar-refractivity contribution in [3.63, 3.8) is 0 Å². The molecule has 0 bridgehead atoms. The third kappa shape index (κ3) is 2.88. The van der Waals surface area contributed by atoms with Crippen LogP contribution in [0.1, 0.15) is 31.4 Å². The molecular formula is C14H18. The average Bonchev–Trinajstić information content (AvgIpc) is 2.14. The maximum atomic E-state index is 3.91. The molecule has 0 aliphatic heterocycles. The van der Waals surface area contributed by atoms with Gasteiger partial charge in [-0.2, -0.15) is 0 Å². The van der Waals surface area contributed by atoms with E-state index < -0.39 is 0 Å². The molecule has 1 rings (SSSR count). The van der Waals surface area contributed by atoms with E-state index in [0.717, 1.165) is 12.0 Å². The molecule has 0 saturated carbocycles. The van der Waals surface area contributed by atoms with Crippen molar-refractivity contribution in [2.75, 3.05) is 0 Å². The Hall–Kier alpha value is -1.30. The third-order valence-corrected chi connectivity index (χ3v) is 2.19. The molecule has 0 atom stereocenters. The molecule has 0 saturated heterocycles. The highest BCUT2D eigenvalue weighted by Crippen LogP contribution is 2.20. The first-order valence-corrected chi connectivity index (χ1v) is 5.06. The fourth-order valence-corrected chi connectivity index (χ4v) is 1.53. The van der Waals surface area contributed by atoms with Crippen LogP contribution in [0, 0.1) is 6.92 Å². The summed E-state index contributed by atoms with van der Waals surface area (Å²) in [6.07, 6.45) is 3.21. The summed E-state index contributed by atoms with van der Waals surface area (Å²) < 4.78 is 0. The zero-order valence-corrected chi connectivity index (χ0v) is 9.30. The van der Waals surface area contributed by atoms with Crippen LogP contribution in [0.2, 0.25) is 0 Å². The Bertz CT molecular complexity index is 356. The van der Waals surface area contributed by atoms with Gasteiger partial charge < -0.3 is 0 Å². The van der Waals surface area contributed by atoms with Crippen molar-refractivity contribution in [1.29, 1.82) is 0 Å². The van der Waals surface area contributed by atoms with Gasteiger partial charge in [0.25, 0.3) is 0 Å². The van der Waals surface area contributed by atoms with Crippen molar-refractivity contribution < 1.29 is 0 Å². The van der Waals surface area contributed by atoms with E-state index in [2.05, 4.69) is 50.8 Å². The van der Waals surface area contributed by atoms with Gasteiger partial charge in [-0.15, -0.1) is 0 Å². The van der Waals surface area contributed by atoms with E-state index >= 15 is 0 Å². The minimum Gasteiger partial charge on any atom is -0.0961 e. The van der Waals surface area contributed by atoms with Gasteiger partial charge in [-0.25, -0.2) is 0 Å². The van der Waals surface area contributed by atoms with Crippen LogP contribution in [-0.2, 0) is 0 Å². The molecule has 0 aliphatic rings. The predicted molar refractivity (Wildman–Crippen MR) is 64.3 cm³/mol. The molecule has 0 radical (unpaired) electrons. The summed E-state index contributed by atoms with van der Waals surface area (Å²) in [5, 5.41) is 0. The molecule has 0 spiro atoms. The Balaban J connectivity index is 3.07. The molecule has 0 amide bonds. The smallest absolute Gasteiger partial charge is 0.0222 e. The van der Waals surface area contributed by atoms with E-state index in [4.69, 9.17) is 0 Å².